The van der Waals surface area contributed by atoms with Crippen LogP contribution in [0.2, 0.25) is 0 Å². The molecule has 0 saturated heterocycles. The number of aromatic nitrogens is 3. The number of nitrogens with zero attached hydrogens (tertiary/aromatic N) is 4. The number of aliphatic imine (C=N–C) groups is 1. The molecular weight excluding hydrogens is 422 g/mol. The first-order chi connectivity index (χ1) is 13.1. The number of fused-ring (bicyclic) bond motifs is 1. The van der Waals surface area contributed by atoms with E-state index in [2.05, 4.69) is 46.5 Å². The fraction of sp³-hybridized carbons (Fsp3) is 0.235. The molecule has 2 aromatic heterocycles. The molecule has 0 spiro atoms. The Morgan fingerprint density at radius 1 is 1.22 bits per heavy atom. The zero-order valence-electron chi connectivity index (χ0n) is 14.4. The molecule has 0 saturated carbocycles. The molecule has 7 nitrogen and oxygen atoms in total. The Kier molecular flexibility index (Phi) is 6.17. The van der Waals surface area contributed by atoms with Crippen LogP contribution in [0.1, 0.15) is 11.4 Å². The number of rotatable bonds is 6. The van der Waals surface area contributed by atoms with Crippen molar-refractivity contribution in [1.29, 1.82) is 0 Å². The molecule has 0 bridgehead atoms. The fourth-order valence-corrected chi connectivity index (χ4v) is 2.88. The summed E-state index contributed by atoms with van der Waals surface area (Å²) in [7, 11) is 1.62. The van der Waals surface area contributed by atoms with E-state index in [9.17, 15) is 8.78 Å². The lowest BCUT2D eigenvalue weighted by Crippen LogP contribution is -2.36. The second-order valence-electron chi connectivity index (χ2n) is 5.45. The molecule has 0 unspecified atom stereocenters. The Labute approximate surface area is 162 Å². The standard InChI is InChI=1S/C17H17BrF2N6O/c1-21-17(23-10-15-25-24-14-4-2-3-7-26(14)15)22-9-11-8-12(18)5-6-13(11)27-16(19)20/h2-8,16H,9-10H2,1H3,(H2,21,22,23). The first kappa shape index (κ1) is 19.0. The smallest absolute Gasteiger partial charge is 0.387 e. The van der Waals surface area contributed by atoms with Gasteiger partial charge in [0.05, 0.1) is 6.54 Å². The van der Waals surface area contributed by atoms with E-state index in [0.717, 1.165) is 15.9 Å². The molecule has 0 atom stereocenters. The Morgan fingerprint density at radius 3 is 2.81 bits per heavy atom. The summed E-state index contributed by atoms with van der Waals surface area (Å²) >= 11 is 3.33. The van der Waals surface area contributed by atoms with Crippen molar-refractivity contribution in [3.05, 3.63) is 58.5 Å². The summed E-state index contributed by atoms with van der Waals surface area (Å²) in [4.78, 5) is 4.13. The van der Waals surface area contributed by atoms with Crippen LogP contribution in [0.5, 0.6) is 5.75 Å². The largest absolute Gasteiger partial charge is 0.434 e. The molecule has 2 N–H and O–H groups in total. The Morgan fingerprint density at radius 2 is 2.04 bits per heavy atom. The molecule has 142 valence electrons. The number of benzene rings is 1. The molecule has 0 aliphatic rings. The van der Waals surface area contributed by atoms with Gasteiger partial charge in [-0.05, 0) is 30.3 Å². The number of hydrogen-bond donors (Lipinski definition) is 2. The van der Waals surface area contributed by atoms with Crippen LogP contribution in [0.15, 0.2) is 52.1 Å². The highest BCUT2D eigenvalue weighted by Gasteiger charge is 2.11. The van der Waals surface area contributed by atoms with Gasteiger partial charge < -0.3 is 15.4 Å². The van der Waals surface area contributed by atoms with Gasteiger partial charge in [0.25, 0.3) is 0 Å². The monoisotopic (exact) mass is 438 g/mol. The van der Waals surface area contributed by atoms with Crippen molar-refractivity contribution in [3.63, 3.8) is 0 Å². The van der Waals surface area contributed by atoms with Crippen LogP contribution in [0.25, 0.3) is 5.65 Å². The lowest BCUT2D eigenvalue weighted by Gasteiger charge is -2.14. The quantitative estimate of drug-likeness (QED) is 0.457. The number of alkyl halides is 2. The molecule has 3 rings (SSSR count). The predicted octanol–water partition coefficient (Wildman–Crippen LogP) is 2.96. The molecule has 0 fully saturated rings. The summed E-state index contributed by atoms with van der Waals surface area (Å²) in [5.41, 5.74) is 1.32. The molecule has 1 aromatic carbocycles. The molecule has 27 heavy (non-hydrogen) atoms. The maximum Gasteiger partial charge on any atom is 0.387 e. The summed E-state index contributed by atoms with van der Waals surface area (Å²) in [5.74, 6) is 1.32. The van der Waals surface area contributed by atoms with E-state index in [1.165, 1.54) is 6.07 Å². The van der Waals surface area contributed by atoms with E-state index in [1.54, 1.807) is 19.2 Å². The van der Waals surface area contributed by atoms with Gasteiger partial charge in [0.2, 0.25) is 0 Å². The maximum atomic E-state index is 12.6. The van der Waals surface area contributed by atoms with Crippen LogP contribution in [0.4, 0.5) is 8.78 Å². The van der Waals surface area contributed by atoms with Crippen LogP contribution in [-0.4, -0.2) is 34.2 Å². The summed E-state index contributed by atoms with van der Waals surface area (Å²) in [6.45, 7) is -2.24. The van der Waals surface area contributed by atoms with Gasteiger partial charge in [-0.3, -0.25) is 9.39 Å². The Hall–Kier alpha value is -2.75. The van der Waals surface area contributed by atoms with Crippen LogP contribution < -0.4 is 15.4 Å². The third-order valence-electron chi connectivity index (χ3n) is 3.71. The average Bonchev–Trinajstić information content (AvgIpc) is 3.07. The summed E-state index contributed by atoms with van der Waals surface area (Å²) < 4.78 is 32.3. The van der Waals surface area contributed by atoms with Gasteiger partial charge in [-0.15, -0.1) is 10.2 Å². The highest BCUT2D eigenvalue weighted by Crippen LogP contribution is 2.24. The number of nitrogens with one attached hydrogen (secondary N) is 2. The number of pyridine rings is 1. The predicted molar refractivity (Wildman–Crippen MR) is 101 cm³/mol. The lowest BCUT2D eigenvalue weighted by molar-refractivity contribution is -0.0504. The van der Waals surface area contributed by atoms with Gasteiger partial charge >= 0.3 is 6.61 Å². The highest BCUT2D eigenvalue weighted by molar-refractivity contribution is 9.10. The third-order valence-corrected chi connectivity index (χ3v) is 4.20. The van der Waals surface area contributed by atoms with E-state index in [-0.39, 0.29) is 12.3 Å². The maximum absolute atomic E-state index is 12.6. The van der Waals surface area contributed by atoms with Gasteiger partial charge in [0, 0.05) is 29.8 Å². The molecule has 0 amide bonds. The van der Waals surface area contributed by atoms with Crippen molar-refractivity contribution in [3.8, 4) is 5.75 Å². The minimum atomic E-state index is -2.89. The molecule has 10 heteroatoms. The fourth-order valence-electron chi connectivity index (χ4n) is 2.47. The number of hydrogen-bond acceptors (Lipinski definition) is 4. The first-order valence-electron chi connectivity index (χ1n) is 8.03. The van der Waals surface area contributed by atoms with Gasteiger partial charge in [0.15, 0.2) is 17.4 Å². The lowest BCUT2D eigenvalue weighted by atomic mass is 10.2. The van der Waals surface area contributed by atoms with E-state index in [4.69, 9.17) is 0 Å². The second-order valence-corrected chi connectivity index (χ2v) is 6.37. The molecular formula is C17H17BrF2N6O. The van der Waals surface area contributed by atoms with Crippen molar-refractivity contribution in [2.45, 2.75) is 19.7 Å². The van der Waals surface area contributed by atoms with E-state index >= 15 is 0 Å². The van der Waals surface area contributed by atoms with Gasteiger partial charge in [-0.1, -0.05) is 22.0 Å². The Bertz CT molecular complexity index is 946. The van der Waals surface area contributed by atoms with Gasteiger partial charge in [-0.2, -0.15) is 8.78 Å². The Balaban J connectivity index is 1.64. The summed E-state index contributed by atoms with van der Waals surface area (Å²) in [5, 5.41) is 14.4. The molecule has 3 aromatic rings. The number of ether oxygens (including phenoxy) is 1. The normalized spacial score (nSPS) is 11.8. The van der Waals surface area contributed by atoms with Crippen LogP contribution in [0.3, 0.4) is 0 Å². The topological polar surface area (TPSA) is 75.8 Å². The van der Waals surface area contributed by atoms with E-state index in [0.29, 0.717) is 18.1 Å². The number of halogens is 3. The first-order valence-corrected chi connectivity index (χ1v) is 8.82. The SMILES string of the molecule is CN=C(NCc1cc(Br)ccc1OC(F)F)NCc1nnc2ccccn12. The minimum Gasteiger partial charge on any atom is -0.434 e. The van der Waals surface area contributed by atoms with Crippen LogP contribution in [0, 0.1) is 0 Å². The molecule has 0 aliphatic heterocycles. The van der Waals surface area contributed by atoms with Crippen molar-refractivity contribution in [2.75, 3.05) is 7.05 Å². The van der Waals surface area contributed by atoms with Crippen molar-refractivity contribution in [2.24, 2.45) is 4.99 Å². The molecule has 2 heterocycles. The molecule has 0 radical (unpaired) electrons. The van der Waals surface area contributed by atoms with Crippen LogP contribution in [-0.2, 0) is 13.1 Å². The summed E-state index contributed by atoms with van der Waals surface area (Å²) in [6, 6.07) is 10.5. The third kappa shape index (κ3) is 4.91. The zero-order valence-corrected chi connectivity index (χ0v) is 16.0. The number of guanidine groups is 1. The van der Waals surface area contributed by atoms with E-state index in [1.807, 2.05) is 28.8 Å². The second kappa shape index (κ2) is 8.76. The summed E-state index contributed by atoms with van der Waals surface area (Å²) in [6.07, 6.45) is 1.87. The van der Waals surface area contributed by atoms with Gasteiger partial charge in [-0.25, -0.2) is 0 Å². The minimum absolute atomic E-state index is 0.111. The molecule has 0 aliphatic carbocycles. The van der Waals surface area contributed by atoms with Crippen LogP contribution >= 0.6 is 15.9 Å². The van der Waals surface area contributed by atoms with Gasteiger partial charge in [0.1, 0.15) is 5.75 Å². The van der Waals surface area contributed by atoms with Crippen molar-refractivity contribution >= 4 is 27.5 Å². The average molecular weight is 439 g/mol. The van der Waals surface area contributed by atoms with Crippen molar-refractivity contribution in [1.82, 2.24) is 25.2 Å². The zero-order chi connectivity index (χ0) is 19.2. The highest BCUT2D eigenvalue weighted by atomic mass is 79.9. The van der Waals surface area contributed by atoms with Crippen molar-refractivity contribution < 1.29 is 13.5 Å². The van der Waals surface area contributed by atoms with E-state index < -0.39 is 6.61 Å².